The van der Waals surface area contributed by atoms with Crippen LogP contribution in [0.15, 0.2) is 89.3 Å². The summed E-state index contributed by atoms with van der Waals surface area (Å²) in [5.74, 6) is 4.06. The van der Waals surface area contributed by atoms with Crippen LogP contribution in [0.5, 0.6) is 17.2 Å². The highest BCUT2D eigenvalue weighted by Gasteiger charge is 2.18. The van der Waals surface area contributed by atoms with E-state index < -0.39 is 0 Å². The zero-order valence-corrected chi connectivity index (χ0v) is 19.8. The molecule has 1 aromatic heterocycles. The van der Waals surface area contributed by atoms with Gasteiger partial charge in [0.1, 0.15) is 17.2 Å². The van der Waals surface area contributed by atoms with Crippen molar-refractivity contribution in [1.82, 2.24) is 0 Å². The fraction of sp³-hybridized carbons (Fsp3) is 0.167. The lowest BCUT2D eigenvalue weighted by Crippen LogP contribution is -1.91. The fourth-order valence-electron chi connectivity index (χ4n) is 3.60. The van der Waals surface area contributed by atoms with E-state index in [9.17, 15) is 0 Å². The molecule has 0 aliphatic carbocycles. The summed E-state index contributed by atoms with van der Waals surface area (Å²) < 4.78 is 22.7. The van der Waals surface area contributed by atoms with E-state index in [1.165, 1.54) is 0 Å². The van der Waals surface area contributed by atoms with Crippen molar-refractivity contribution in [2.24, 2.45) is 0 Å². The van der Waals surface area contributed by atoms with Gasteiger partial charge in [0, 0.05) is 11.6 Å². The molecule has 0 spiro atoms. The van der Waals surface area contributed by atoms with Crippen LogP contribution < -0.4 is 14.2 Å². The molecule has 0 amide bonds. The average molecular weight is 454 g/mol. The van der Waals surface area contributed by atoms with Crippen LogP contribution in [0.3, 0.4) is 0 Å². The SMILES string of the molecule is CCOc1ccc(C=Cc2cc(-c3ccc(OCC)cc3)cc(-c3ccc(OC)cc3)[o+]2)cc1. The van der Waals surface area contributed by atoms with Crippen molar-refractivity contribution in [3.8, 4) is 39.7 Å². The molecular formula is C30H29O4+. The molecule has 0 saturated heterocycles. The smallest absolute Gasteiger partial charge is 0.361 e. The van der Waals surface area contributed by atoms with Gasteiger partial charge in [-0.2, -0.15) is 0 Å². The average Bonchev–Trinajstić information content (AvgIpc) is 2.89. The van der Waals surface area contributed by atoms with Gasteiger partial charge in [-0.3, -0.25) is 0 Å². The van der Waals surface area contributed by atoms with Gasteiger partial charge < -0.3 is 14.2 Å². The normalized spacial score (nSPS) is 10.9. The molecular weight excluding hydrogens is 424 g/mol. The second-order valence-corrected chi connectivity index (χ2v) is 7.63. The summed E-state index contributed by atoms with van der Waals surface area (Å²) in [6, 6.07) is 28.1. The largest absolute Gasteiger partial charge is 0.497 e. The van der Waals surface area contributed by atoms with E-state index in [1.807, 2.05) is 92.7 Å². The van der Waals surface area contributed by atoms with Crippen LogP contribution in [0.25, 0.3) is 34.6 Å². The number of benzene rings is 3. The molecule has 0 aliphatic heterocycles. The number of hydrogen-bond donors (Lipinski definition) is 0. The van der Waals surface area contributed by atoms with Crippen LogP contribution in [0.2, 0.25) is 0 Å². The topological polar surface area (TPSA) is 39.0 Å². The monoisotopic (exact) mass is 453 g/mol. The van der Waals surface area contributed by atoms with Gasteiger partial charge in [0.15, 0.2) is 0 Å². The summed E-state index contributed by atoms with van der Waals surface area (Å²) in [5, 5.41) is 0. The van der Waals surface area contributed by atoms with Crippen LogP contribution in [0.1, 0.15) is 25.2 Å². The van der Waals surface area contributed by atoms with Gasteiger partial charge in [-0.1, -0.05) is 24.3 Å². The molecule has 0 fully saturated rings. The summed E-state index contributed by atoms with van der Waals surface area (Å²) >= 11 is 0. The number of rotatable bonds is 9. The van der Waals surface area contributed by atoms with Gasteiger partial charge >= 0.3 is 11.5 Å². The van der Waals surface area contributed by atoms with Crippen LogP contribution >= 0.6 is 0 Å². The molecule has 0 bridgehead atoms. The van der Waals surface area contributed by atoms with Crippen molar-refractivity contribution in [3.05, 3.63) is 96.3 Å². The molecule has 4 aromatic rings. The summed E-state index contributed by atoms with van der Waals surface area (Å²) in [7, 11) is 1.66. The Balaban J connectivity index is 1.69. The minimum atomic E-state index is 0.645. The third-order valence-electron chi connectivity index (χ3n) is 5.32. The van der Waals surface area contributed by atoms with Crippen LogP contribution in [0.4, 0.5) is 0 Å². The predicted octanol–water partition coefficient (Wildman–Crippen LogP) is 7.87. The van der Waals surface area contributed by atoms with E-state index in [-0.39, 0.29) is 0 Å². The first-order chi connectivity index (χ1) is 16.7. The molecule has 0 N–H and O–H groups in total. The lowest BCUT2D eigenvalue weighted by molar-refractivity contribution is 0.340. The van der Waals surface area contributed by atoms with Crippen molar-refractivity contribution in [1.29, 1.82) is 0 Å². The predicted molar refractivity (Wildman–Crippen MR) is 138 cm³/mol. The highest BCUT2D eigenvalue weighted by atomic mass is 16.5. The lowest BCUT2D eigenvalue weighted by Gasteiger charge is -2.05. The second kappa shape index (κ2) is 11.2. The maximum Gasteiger partial charge on any atom is 0.361 e. The Morgan fingerprint density at radius 3 is 1.76 bits per heavy atom. The molecule has 3 aromatic carbocycles. The summed E-state index contributed by atoms with van der Waals surface area (Å²) in [6.07, 6.45) is 4.02. The Morgan fingerprint density at radius 1 is 0.618 bits per heavy atom. The highest BCUT2D eigenvalue weighted by Crippen LogP contribution is 2.31. The summed E-state index contributed by atoms with van der Waals surface area (Å²) in [6.45, 7) is 5.26. The van der Waals surface area contributed by atoms with E-state index in [4.69, 9.17) is 18.6 Å². The van der Waals surface area contributed by atoms with Crippen molar-refractivity contribution >= 4 is 12.2 Å². The third-order valence-corrected chi connectivity index (χ3v) is 5.32. The van der Waals surface area contributed by atoms with Gasteiger partial charge in [-0.15, -0.1) is 0 Å². The molecule has 0 radical (unpaired) electrons. The summed E-state index contributed by atoms with van der Waals surface area (Å²) in [5.41, 5.74) is 4.19. The molecule has 34 heavy (non-hydrogen) atoms. The van der Waals surface area contributed by atoms with E-state index in [2.05, 4.69) is 18.2 Å². The van der Waals surface area contributed by atoms with Crippen LogP contribution in [-0.4, -0.2) is 20.3 Å². The third kappa shape index (κ3) is 5.84. The minimum absolute atomic E-state index is 0.645. The highest BCUT2D eigenvalue weighted by molar-refractivity contribution is 5.75. The first kappa shape index (κ1) is 23.1. The van der Waals surface area contributed by atoms with Gasteiger partial charge in [-0.05, 0) is 79.6 Å². The van der Waals surface area contributed by atoms with Gasteiger partial charge in [0.25, 0.3) is 0 Å². The van der Waals surface area contributed by atoms with Gasteiger partial charge in [0.05, 0.1) is 38.0 Å². The maximum atomic E-state index is 6.27. The Kier molecular flexibility index (Phi) is 7.61. The van der Waals surface area contributed by atoms with E-state index in [0.717, 1.165) is 51.0 Å². The molecule has 1 heterocycles. The second-order valence-electron chi connectivity index (χ2n) is 7.63. The zero-order chi connectivity index (χ0) is 23.8. The fourth-order valence-corrected chi connectivity index (χ4v) is 3.60. The molecule has 0 saturated carbocycles. The van der Waals surface area contributed by atoms with E-state index in [0.29, 0.717) is 13.2 Å². The molecule has 0 atom stereocenters. The molecule has 4 nitrogen and oxygen atoms in total. The minimum Gasteiger partial charge on any atom is -0.497 e. The lowest BCUT2D eigenvalue weighted by atomic mass is 10.0. The Bertz CT molecular complexity index is 1220. The van der Waals surface area contributed by atoms with Gasteiger partial charge in [0.2, 0.25) is 0 Å². The van der Waals surface area contributed by atoms with Crippen LogP contribution in [0, 0.1) is 0 Å². The molecule has 172 valence electrons. The molecule has 0 unspecified atom stereocenters. The number of ether oxygens (including phenoxy) is 3. The van der Waals surface area contributed by atoms with Crippen molar-refractivity contribution in [3.63, 3.8) is 0 Å². The van der Waals surface area contributed by atoms with Crippen molar-refractivity contribution in [2.75, 3.05) is 20.3 Å². The molecule has 4 heteroatoms. The first-order valence-corrected chi connectivity index (χ1v) is 11.4. The van der Waals surface area contributed by atoms with Gasteiger partial charge in [-0.25, -0.2) is 4.42 Å². The number of hydrogen-bond acceptors (Lipinski definition) is 3. The Morgan fingerprint density at radius 2 is 1.18 bits per heavy atom. The van der Waals surface area contributed by atoms with E-state index in [1.54, 1.807) is 7.11 Å². The van der Waals surface area contributed by atoms with Crippen molar-refractivity contribution < 1.29 is 18.6 Å². The quantitative estimate of drug-likeness (QED) is 0.242. The first-order valence-electron chi connectivity index (χ1n) is 11.4. The zero-order valence-electron chi connectivity index (χ0n) is 19.8. The maximum absolute atomic E-state index is 6.27. The Labute approximate surface area is 201 Å². The van der Waals surface area contributed by atoms with Crippen LogP contribution in [-0.2, 0) is 0 Å². The summed E-state index contributed by atoms with van der Waals surface area (Å²) in [4.78, 5) is 0. The molecule has 4 rings (SSSR count). The Hall–Kier alpha value is -4.05. The molecule has 0 aliphatic rings. The van der Waals surface area contributed by atoms with Crippen molar-refractivity contribution in [2.45, 2.75) is 13.8 Å². The number of methoxy groups -OCH3 is 1. The van der Waals surface area contributed by atoms with E-state index >= 15 is 0 Å². The standard InChI is InChI=1S/C30H29O4/c1-4-32-27-13-6-22(7-14-27)8-15-29-20-25(23-9-18-28(19-10-23)33-5-2)21-30(34-29)24-11-16-26(31-3)17-12-24/h6-21H,4-5H2,1-3H3/q+1.